The first-order chi connectivity index (χ1) is 9.43. The molecule has 0 bridgehead atoms. The van der Waals surface area contributed by atoms with E-state index in [0.29, 0.717) is 16.5 Å². The Kier molecular flexibility index (Phi) is 4.06. The van der Waals surface area contributed by atoms with Crippen molar-refractivity contribution >= 4 is 28.1 Å². The van der Waals surface area contributed by atoms with Crippen LogP contribution in [0.4, 0.5) is 5.69 Å². The standard InChI is InChI=1S/C13H12ClN3O3/c1-7(2)20-12-4-10-9(3-8(12)5-15)11(17(18)19)6-16-13(10)14/h3-4,6-7,17-18H,1-2H3. The lowest BCUT2D eigenvalue weighted by Crippen LogP contribution is -2.99. The Balaban J connectivity index is 2.76. The zero-order valence-corrected chi connectivity index (χ0v) is 11.6. The predicted molar refractivity (Wildman–Crippen MR) is 73.0 cm³/mol. The Bertz CT molecular complexity index is 695. The number of aromatic nitrogens is 1. The van der Waals surface area contributed by atoms with E-state index in [9.17, 15) is 5.21 Å². The highest BCUT2D eigenvalue weighted by atomic mass is 35.5. The summed E-state index contributed by atoms with van der Waals surface area (Å²) in [5.74, 6) is 0.362. The van der Waals surface area contributed by atoms with Gasteiger partial charge in [0, 0.05) is 5.39 Å². The summed E-state index contributed by atoms with van der Waals surface area (Å²) in [6.07, 6.45) is 1.06. The van der Waals surface area contributed by atoms with Gasteiger partial charge in [0.05, 0.1) is 23.3 Å². The molecule has 7 heteroatoms. The Hall–Kier alpha value is -1.91. The number of ether oxygens (including phenoxy) is 1. The van der Waals surface area contributed by atoms with Crippen molar-refractivity contribution in [3.05, 3.63) is 34.3 Å². The Morgan fingerprint density at radius 2 is 2.15 bits per heavy atom. The smallest absolute Gasteiger partial charge is 0.190 e. The number of nitriles is 1. The van der Waals surface area contributed by atoms with Crippen molar-refractivity contribution in [3.8, 4) is 11.8 Å². The van der Waals surface area contributed by atoms with E-state index in [2.05, 4.69) is 4.98 Å². The van der Waals surface area contributed by atoms with E-state index in [-0.39, 0.29) is 22.5 Å². The number of halogens is 1. The van der Waals surface area contributed by atoms with Crippen molar-refractivity contribution in [2.45, 2.75) is 20.0 Å². The number of hydrogen-bond acceptors (Lipinski definition) is 5. The second-order valence-electron chi connectivity index (χ2n) is 4.44. The molecule has 0 amide bonds. The van der Waals surface area contributed by atoms with Crippen LogP contribution in [0.15, 0.2) is 18.3 Å². The number of nitrogens with one attached hydrogen (secondary N) is 1. The van der Waals surface area contributed by atoms with Gasteiger partial charge in [-0.2, -0.15) is 10.5 Å². The third kappa shape index (κ3) is 2.66. The monoisotopic (exact) mass is 293 g/mol. The molecule has 104 valence electrons. The highest BCUT2D eigenvalue weighted by molar-refractivity contribution is 6.34. The van der Waals surface area contributed by atoms with Gasteiger partial charge in [-0.25, -0.2) is 10.2 Å². The third-order valence-corrected chi connectivity index (χ3v) is 2.95. The highest BCUT2D eigenvalue weighted by Crippen LogP contribution is 2.32. The largest absolute Gasteiger partial charge is 0.595 e. The quantitative estimate of drug-likeness (QED) is 0.666. The van der Waals surface area contributed by atoms with Crippen molar-refractivity contribution in [2.24, 2.45) is 0 Å². The number of hydrogen-bond donors (Lipinski definition) is 2. The van der Waals surface area contributed by atoms with Gasteiger partial charge in [0.15, 0.2) is 5.69 Å². The Labute approximate surface area is 120 Å². The average molecular weight is 294 g/mol. The molecular weight excluding hydrogens is 282 g/mol. The summed E-state index contributed by atoms with van der Waals surface area (Å²) in [6, 6.07) is 5.01. The molecule has 1 atom stereocenters. The second kappa shape index (κ2) is 5.61. The molecule has 0 aliphatic heterocycles. The molecule has 0 fully saturated rings. The van der Waals surface area contributed by atoms with Gasteiger partial charge < -0.3 is 9.94 Å². The summed E-state index contributed by atoms with van der Waals surface area (Å²) in [4.78, 5) is 3.85. The van der Waals surface area contributed by atoms with Crippen LogP contribution in [-0.4, -0.2) is 16.3 Å². The van der Waals surface area contributed by atoms with Gasteiger partial charge in [-0.15, -0.1) is 0 Å². The van der Waals surface area contributed by atoms with Crippen LogP contribution in [0.3, 0.4) is 0 Å². The number of quaternary nitrogens is 1. The molecule has 0 saturated heterocycles. The number of benzene rings is 1. The van der Waals surface area contributed by atoms with Crippen LogP contribution in [0, 0.1) is 16.5 Å². The van der Waals surface area contributed by atoms with Crippen molar-refractivity contribution in [3.63, 3.8) is 0 Å². The summed E-state index contributed by atoms with van der Waals surface area (Å²) in [7, 11) is 0. The second-order valence-corrected chi connectivity index (χ2v) is 4.80. The molecule has 2 N–H and O–H groups in total. The normalized spacial score (nSPS) is 12.4. The van der Waals surface area contributed by atoms with E-state index in [1.165, 1.54) is 12.3 Å². The molecular formula is C13H12ClN3O3. The molecule has 0 spiro atoms. The summed E-state index contributed by atoms with van der Waals surface area (Å²) in [5.41, 5.74) is 0.257. The Morgan fingerprint density at radius 3 is 2.70 bits per heavy atom. The van der Waals surface area contributed by atoms with Crippen LogP contribution in [0.5, 0.6) is 5.75 Å². The first kappa shape index (κ1) is 14.5. The third-order valence-electron chi connectivity index (χ3n) is 2.65. The molecule has 1 unspecified atom stereocenters. The van der Waals surface area contributed by atoms with Gasteiger partial charge in [0.1, 0.15) is 17.0 Å². The van der Waals surface area contributed by atoms with Gasteiger partial charge in [0.25, 0.3) is 0 Å². The average Bonchev–Trinajstić information content (AvgIpc) is 2.38. The van der Waals surface area contributed by atoms with Gasteiger partial charge in [-0.3, -0.25) is 0 Å². The van der Waals surface area contributed by atoms with Crippen LogP contribution in [0.2, 0.25) is 5.15 Å². The first-order valence-corrected chi connectivity index (χ1v) is 6.24. The maximum Gasteiger partial charge on any atom is 0.190 e. The first-order valence-electron chi connectivity index (χ1n) is 5.86. The number of nitrogens with zero attached hydrogens (tertiary/aromatic N) is 2. The van der Waals surface area contributed by atoms with Gasteiger partial charge in [0.2, 0.25) is 0 Å². The highest BCUT2D eigenvalue weighted by Gasteiger charge is 2.16. The molecule has 2 aromatic rings. The molecule has 1 aromatic carbocycles. The minimum absolute atomic E-state index is 0.00278. The summed E-state index contributed by atoms with van der Waals surface area (Å²) < 4.78 is 5.54. The fourth-order valence-electron chi connectivity index (χ4n) is 1.84. The molecule has 6 nitrogen and oxygen atoms in total. The fourth-order valence-corrected chi connectivity index (χ4v) is 2.05. The minimum Gasteiger partial charge on any atom is -0.595 e. The molecule has 2 rings (SSSR count). The maximum atomic E-state index is 11.2. The van der Waals surface area contributed by atoms with Gasteiger partial charge in [-0.05, 0) is 26.0 Å². The van der Waals surface area contributed by atoms with Crippen molar-refractivity contribution in [1.29, 1.82) is 5.26 Å². The van der Waals surface area contributed by atoms with E-state index >= 15 is 0 Å². The molecule has 0 saturated carbocycles. The number of rotatable bonds is 3. The van der Waals surface area contributed by atoms with E-state index in [4.69, 9.17) is 26.8 Å². The predicted octanol–water partition coefficient (Wildman–Crippen LogP) is 1.95. The summed E-state index contributed by atoms with van der Waals surface area (Å²) >= 11 is 6.00. The fraction of sp³-hybridized carbons (Fsp3) is 0.231. The van der Waals surface area contributed by atoms with Crippen LogP contribution >= 0.6 is 11.6 Å². The lowest BCUT2D eigenvalue weighted by atomic mass is 10.1. The van der Waals surface area contributed by atoms with Gasteiger partial charge >= 0.3 is 0 Å². The Morgan fingerprint density at radius 1 is 1.45 bits per heavy atom. The maximum absolute atomic E-state index is 11.2. The molecule has 1 aromatic heterocycles. The number of fused-ring (bicyclic) bond motifs is 1. The summed E-state index contributed by atoms with van der Waals surface area (Å²) in [5, 5.41) is 29.4. The molecule has 0 radical (unpaired) electrons. The van der Waals surface area contributed by atoms with E-state index < -0.39 is 5.23 Å². The SMILES string of the molecule is CC(C)Oc1cc2c(Cl)ncc([NH+]([O-])O)c2cc1C#N. The van der Waals surface area contributed by atoms with Crippen LogP contribution in [0.25, 0.3) is 10.8 Å². The van der Waals surface area contributed by atoms with Crippen molar-refractivity contribution in [1.82, 2.24) is 4.98 Å². The van der Waals surface area contributed by atoms with Crippen molar-refractivity contribution in [2.75, 3.05) is 0 Å². The topological polar surface area (TPSA) is 93.6 Å². The van der Waals surface area contributed by atoms with Crippen LogP contribution < -0.4 is 9.96 Å². The van der Waals surface area contributed by atoms with Crippen LogP contribution in [-0.2, 0) is 0 Å². The number of pyridine rings is 1. The minimum atomic E-state index is -1.12. The van der Waals surface area contributed by atoms with E-state index in [1.54, 1.807) is 6.07 Å². The van der Waals surface area contributed by atoms with Crippen LogP contribution in [0.1, 0.15) is 19.4 Å². The molecule has 20 heavy (non-hydrogen) atoms. The van der Waals surface area contributed by atoms with Gasteiger partial charge in [-0.1, -0.05) is 11.6 Å². The van der Waals surface area contributed by atoms with Crippen molar-refractivity contribution < 1.29 is 15.2 Å². The molecule has 0 aliphatic carbocycles. The lowest BCUT2D eigenvalue weighted by molar-refractivity contribution is -0.990. The van der Waals surface area contributed by atoms with E-state index in [0.717, 1.165) is 0 Å². The zero-order valence-electron chi connectivity index (χ0n) is 10.8. The molecule has 0 aliphatic rings. The summed E-state index contributed by atoms with van der Waals surface area (Å²) in [6.45, 7) is 3.66. The van der Waals surface area contributed by atoms with E-state index in [1.807, 2.05) is 19.9 Å². The lowest BCUT2D eigenvalue weighted by Gasteiger charge is -2.16. The zero-order chi connectivity index (χ0) is 14.9. The molecule has 1 heterocycles.